The van der Waals surface area contributed by atoms with Crippen LogP contribution in [-0.2, 0) is 11.3 Å². The molecular weight excluding hydrogens is 248 g/mol. The van der Waals surface area contributed by atoms with Crippen LogP contribution < -0.4 is 0 Å². The molecule has 2 heterocycles. The molecule has 16 heavy (non-hydrogen) atoms. The molecule has 0 N–H and O–H groups in total. The zero-order chi connectivity index (χ0) is 11.5. The molecule has 0 aliphatic carbocycles. The Bertz CT molecular complexity index is 423. The molecule has 1 aliphatic rings. The third-order valence-electron chi connectivity index (χ3n) is 2.23. The molecule has 1 aromatic heterocycles. The molecule has 0 radical (unpaired) electrons. The summed E-state index contributed by atoms with van der Waals surface area (Å²) in [6.45, 7) is 0.206. The molecular formula is C10H9ClN2O2S. The summed E-state index contributed by atoms with van der Waals surface area (Å²) in [6.07, 6.45) is 1.97. The first-order chi connectivity index (χ1) is 7.68. The topological polar surface area (TPSA) is 50.3 Å². The van der Waals surface area contributed by atoms with Crippen molar-refractivity contribution in [3.63, 3.8) is 0 Å². The van der Waals surface area contributed by atoms with E-state index in [1.54, 1.807) is 18.3 Å². The van der Waals surface area contributed by atoms with Gasteiger partial charge in [0.25, 0.3) is 5.24 Å². The SMILES string of the molecule is O=C1CCSC(=O)N1Cc1cccnc1Cl. The number of hydrogen-bond acceptors (Lipinski definition) is 4. The van der Waals surface area contributed by atoms with Crippen molar-refractivity contribution in [2.24, 2.45) is 0 Å². The van der Waals surface area contributed by atoms with Gasteiger partial charge in [0, 0.05) is 23.9 Å². The van der Waals surface area contributed by atoms with Crippen molar-refractivity contribution in [3.8, 4) is 0 Å². The predicted octanol–water partition coefficient (Wildman–Crippen LogP) is 2.32. The summed E-state index contributed by atoms with van der Waals surface area (Å²) >= 11 is 7.03. The van der Waals surface area contributed by atoms with Crippen molar-refractivity contribution in [1.82, 2.24) is 9.88 Å². The summed E-state index contributed by atoms with van der Waals surface area (Å²) in [4.78, 5) is 28.2. The van der Waals surface area contributed by atoms with Gasteiger partial charge in [0.2, 0.25) is 5.91 Å². The molecule has 1 aliphatic heterocycles. The lowest BCUT2D eigenvalue weighted by Gasteiger charge is -2.24. The lowest BCUT2D eigenvalue weighted by molar-refractivity contribution is -0.128. The third-order valence-corrected chi connectivity index (χ3v) is 3.44. The van der Waals surface area contributed by atoms with E-state index in [9.17, 15) is 9.59 Å². The molecule has 2 amide bonds. The Balaban J connectivity index is 2.17. The van der Waals surface area contributed by atoms with Crippen LogP contribution in [0.5, 0.6) is 0 Å². The van der Waals surface area contributed by atoms with Crippen LogP contribution in [0, 0.1) is 0 Å². The summed E-state index contributed by atoms with van der Waals surface area (Å²) in [5.41, 5.74) is 0.688. The standard InChI is InChI=1S/C10H9ClN2O2S/c11-9-7(2-1-4-12-9)6-13-8(14)3-5-16-10(13)15/h1-2,4H,3,5-6H2. The van der Waals surface area contributed by atoms with Gasteiger partial charge in [-0.1, -0.05) is 29.4 Å². The molecule has 0 bridgehead atoms. The summed E-state index contributed by atoms with van der Waals surface area (Å²) in [5, 5.41) is 0.120. The summed E-state index contributed by atoms with van der Waals surface area (Å²) < 4.78 is 0. The van der Waals surface area contributed by atoms with E-state index < -0.39 is 0 Å². The van der Waals surface area contributed by atoms with Gasteiger partial charge in [-0.25, -0.2) is 4.98 Å². The van der Waals surface area contributed by atoms with Crippen LogP contribution in [0.3, 0.4) is 0 Å². The summed E-state index contributed by atoms with van der Waals surface area (Å²) in [5.74, 6) is 0.415. The van der Waals surface area contributed by atoms with Crippen molar-refractivity contribution >= 4 is 34.5 Å². The highest BCUT2D eigenvalue weighted by molar-refractivity contribution is 8.13. The van der Waals surface area contributed by atoms with Gasteiger partial charge in [-0.15, -0.1) is 0 Å². The molecule has 0 atom stereocenters. The molecule has 1 saturated heterocycles. The molecule has 2 rings (SSSR count). The van der Waals surface area contributed by atoms with Gasteiger partial charge in [-0.2, -0.15) is 0 Å². The van der Waals surface area contributed by atoms with Crippen LogP contribution in [0.4, 0.5) is 4.79 Å². The van der Waals surface area contributed by atoms with Gasteiger partial charge in [0.1, 0.15) is 5.15 Å². The van der Waals surface area contributed by atoms with E-state index in [4.69, 9.17) is 11.6 Å². The number of carbonyl (C=O) groups is 2. The Morgan fingerprint density at radius 2 is 2.31 bits per heavy atom. The quantitative estimate of drug-likeness (QED) is 0.762. The fourth-order valence-electron chi connectivity index (χ4n) is 1.40. The maximum Gasteiger partial charge on any atom is 0.288 e. The van der Waals surface area contributed by atoms with Gasteiger partial charge in [-0.05, 0) is 6.07 Å². The van der Waals surface area contributed by atoms with Crippen molar-refractivity contribution in [1.29, 1.82) is 0 Å². The van der Waals surface area contributed by atoms with E-state index in [1.807, 2.05) is 0 Å². The first-order valence-corrected chi connectivity index (χ1v) is 6.11. The Labute approximate surface area is 102 Å². The molecule has 1 aromatic rings. The van der Waals surface area contributed by atoms with E-state index in [2.05, 4.69) is 4.98 Å². The average molecular weight is 257 g/mol. The van der Waals surface area contributed by atoms with E-state index in [1.165, 1.54) is 4.90 Å². The van der Waals surface area contributed by atoms with Crippen LogP contribution in [-0.4, -0.2) is 26.8 Å². The summed E-state index contributed by atoms with van der Waals surface area (Å²) in [6, 6.07) is 3.49. The first kappa shape index (κ1) is 11.4. The second-order valence-corrected chi connectivity index (χ2v) is 4.70. The molecule has 0 spiro atoms. The Kier molecular flexibility index (Phi) is 3.46. The van der Waals surface area contributed by atoms with E-state index >= 15 is 0 Å². The minimum atomic E-state index is -0.212. The van der Waals surface area contributed by atoms with Crippen LogP contribution >= 0.6 is 23.4 Å². The highest BCUT2D eigenvalue weighted by atomic mass is 35.5. The molecule has 4 nitrogen and oxygen atoms in total. The molecule has 1 fully saturated rings. The monoisotopic (exact) mass is 256 g/mol. The number of amides is 2. The maximum atomic E-state index is 11.5. The molecule has 0 unspecified atom stereocenters. The van der Waals surface area contributed by atoms with Crippen LogP contribution in [0.25, 0.3) is 0 Å². The fraction of sp³-hybridized carbons (Fsp3) is 0.300. The van der Waals surface area contributed by atoms with Crippen molar-refractivity contribution in [2.45, 2.75) is 13.0 Å². The highest BCUT2D eigenvalue weighted by Gasteiger charge is 2.27. The minimum Gasteiger partial charge on any atom is -0.274 e. The van der Waals surface area contributed by atoms with Gasteiger partial charge >= 0.3 is 0 Å². The number of halogens is 1. The van der Waals surface area contributed by atoms with E-state index in [0.29, 0.717) is 22.9 Å². The number of nitrogens with zero attached hydrogens (tertiary/aromatic N) is 2. The van der Waals surface area contributed by atoms with Crippen LogP contribution in [0.15, 0.2) is 18.3 Å². The zero-order valence-electron chi connectivity index (χ0n) is 8.35. The third kappa shape index (κ3) is 2.36. The Morgan fingerprint density at radius 3 is 3.00 bits per heavy atom. The lowest BCUT2D eigenvalue weighted by Crippen LogP contribution is -2.37. The number of carbonyl (C=O) groups excluding carboxylic acids is 2. The van der Waals surface area contributed by atoms with Crippen LogP contribution in [0.2, 0.25) is 5.15 Å². The summed E-state index contributed by atoms with van der Waals surface area (Å²) in [7, 11) is 0. The number of hydrogen-bond donors (Lipinski definition) is 0. The molecule has 0 aromatic carbocycles. The Hall–Kier alpha value is -1.07. The zero-order valence-corrected chi connectivity index (χ0v) is 9.92. The highest BCUT2D eigenvalue weighted by Crippen LogP contribution is 2.22. The predicted molar refractivity (Wildman–Crippen MR) is 62.3 cm³/mol. The maximum absolute atomic E-state index is 11.5. The van der Waals surface area contributed by atoms with E-state index in [0.717, 1.165) is 11.8 Å². The van der Waals surface area contributed by atoms with E-state index in [-0.39, 0.29) is 17.7 Å². The number of rotatable bonds is 2. The molecule has 84 valence electrons. The number of imide groups is 1. The van der Waals surface area contributed by atoms with Crippen LogP contribution in [0.1, 0.15) is 12.0 Å². The van der Waals surface area contributed by atoms with Crippen molar-refractivity contribution in [3.05, 3.63) is 29.0 Å². The molecule has 6 heteroatoms. The lowest BCUT2D eigenvalue weighted by atomic mass is 10.2. The van der Waals surface area contributed by atoms with Gasteiger partial charge in [-0.3, -0.25) is 14.5 Å². The van der Waals surface area contributed by atoms with Gasteiger partial charge < -0.3 is 0 Å². The second kappa shape index (κ2) is 4.84. The van der Waals surface area contributed by atoms with Gasteiger partial charge in [0.15, 0.2) is 0 Å². The average Bonchev–Trinajstić information content (AvgIpc) is 2.26. The normalized spacial score (nSPS) is 16.7. The van der Waals surface area contributed by atoms with Gasteiger partial charge in [0.05, 0.1) is 6.54 Å². The minimum absolute atomic E-state index is 0.149. The number of aromatic nitrogens is 1. The van der Waals surface area contributed by atoms with Crippen molar-refractivity contribution < 1.29 is 9.59 Å². The smallest absolute Gasteiger partial charge is 0.274 e. The Morgan fingerprint density at radius 1 is 1.50 bits per heavy atom. The first-order valence-electron chi connectivity index (χ1n) is 4.75. The number of pyridine rings is 1. The second-order valence-electron chi connectivity index (χ2n) is 3.30. The number of thioether (sulfide) groups is 1. The largest absolute Gasteiger partial charge is 0.288 e. The molecule has 0 saturated carbocycles. The van der Waals surface area contributed by atoms with Crippen molar-refractivity contribution in [2.75, 3.05) is 5.75 Å². The fourth-order valence-corrected chi connectivity index (χ4v) is 2.35.